The summed E-state index contributed by atoms with van der Waals surface area (Å²) >= 11 is 0. The molecule has 0 bridgehead atoms. The van der Waals surface area contributed by atoms with E-state index >= 15 is 0 Å². The maximum atomic E-state index is 10.3. The summed E-state index contributed by atoms with van der Waals surface area (Å²) in [6.45, 7) is 4.23. The van der Waals surface area contributed by atoms with Gasteiger partial charge in [-0.3, -0.25) is 0 Å². The Hall–Kier alpha value is -4.11. The maximum Gasteiger partial charge on any atom is 0.139 e. The van der Waals surface area contributed by atoms with Crippen LogP contribution in [0.3, 0.4) is 0 Å². The van der Waals surface area contributed by atoms with E-state index in [0.717, 1.165) is 93.3 Å². The lowest BCUT2D eigenvalue weighted by Crippen LogP contribution is -2.33. The molecule has 5 atom stereocenters. The summed E-state index contributed by atoms with van der Waals surface area (Å²) in [6, 6.07) is 25.6. The highest BCUT2D eigenvalue weighted by atomic mass is 31.0. The van der Waals surface area contributed by atoms with Crippen molar-refractivity contribution in [3.05, 3.63) is 99.1 Å². The predicted molar refractivity (Wildman–Crippen MR) is 238 cm³/mol. The fourth-order valence-corrected chi connectivity index (χ4v) is 10.3. The van der Waals surface area contributed by atoms with E-state index in [0.29, 0.717) is 11.1 Å². The van der Waals surface area contributed by atoms with Crippen molar-refractivity contribution in [1.82, 2.24) is 0 Å². The minimum Gasteiger partial charge on any atom is -0.192 e. The van der Waals surface area contributed by atoms with E-state index < -0.39 is 0 Å². The van der Waals surface area contributed by atoms with E-state index in [4.69, 9.17) is 6.42 Å². The highest BCUT2D eigenvalue weighted by Gasteiger charge is 2.34. The SMILES string of the molecule is Bc1c(C)cc(P)c(-c2ccc3c(c2)C(=C(C#N)C#N)c2cc4c(cc2-3)/C(=C(\C#C)C#N)c2cc(-c3c(P)c(P)c(C)c(P)c3P)ccc2-4)c1B. The number of hydrogen-bond acceptors (Lipinski definition) is 3. The van der Waals surface area contributed by atoms with Crippen molar-refractivity contribution in [3.8, 4) is 75.1 Å². The van der Waals surface area contributed by atoms with Crippen LogP contribution in [0.2, 0.25) is 0 Å². The maximum absolute atomic E-state index is 10.3. The van der Waals surface area contributed by atoms with Crippen LogP contribution in [-0.2, 0) is 0 Å². The Labute approximate surface area is 312 Å². The minimum absolute atomic E-state index is 0.0579. The Morgan fingerprint density at radius 1 is 0.549 bits per heavy atom. The number of terminal acetylenes is 1. The molecule has 3 nitrogen and oxygen atoms in total. The molecular formula is C41H30B2N3P5. The van der Waals surface area contributed by atoms with E-state index in [-0.39, 0.29) is 11.1 Å². The first-order chi connectivity index (χ1) is 24.4. The van der Waals surface area contributed by atoms with Gasteiger partial charge in [-0.2, -0.15) is 15.8 Å². The number of allylic oxidation sites excluding steroid dienone is 2. The molecule has 0 fully saturated rings. The summed E-state index contributed by atoms with van der Waals surface area (Å²) in [6.07, 6.45) is 6.01. The number of fused-ring (bicyclic) bond motifs is 6. The third kappa shape index (κ3) is 5.24. The Balaban J connectivity index is 1.50. The van der Waals surface area contributed by atoms with E-state index in [2.05, 4.69) is 154 Å². The first-order valence-corrected chi connectivity index (χ1v) is 19.0. The second kappa shape index (κ2) is 13.1. The number of aryl methyl sites for hydroxylation is 1. The molecule has 0 amide bonds. The molecule has 0 saturated carbocycles. The summed E-state index contributed by atoms with van der Waals surface area (Å²) in [5.74, 6) is 2.67. The Morgan fingerprint density at radius 2 is 1.00 bits per heavy atom. The summed E-state index contributed by atoms with van der Waals surface area (Å²) < 4.78 is 0. The monoisotopic (exact) mass is 741 g/mol. The van der Waals surface area contributed by atoms with E-state index in [1.807, 2.05) is 0 Å². The smallest absolute Gasteiger partial charge is 0.139 e. The van der Waals surface area contributed by atoms with Crippen LogP contribution < -0.4 is 37.4 Å². The minimum atomic E-state index is 0.0579. The number of hydrogen-bond donors (Lipinski definition) is 0. The number of benzene rings is 5. The molecule has 5 aromatic rings. The molecule has 7 rings (SSSR count). The van der Waals surface area contributed by atoms with Gasteiger partial charge < -0.3 is 0 Å². The van der Waals surface area contributed by atoms with Gasteiger partial charge in [0.2, 0.25) is 0 Å². The average Bonchev–Trinajstić information content (AvgIpc) is 3.60. The van der Waals surface area contributed by atoms with Gasteiger partial charge in [-0.05, 0) is 137 Å². The van der Waals surface area contributed by atoms with Crippen LogP contribution in [0.25, 0.3) is 55.7 Å². The van der Waals surface area contributed by atoms with Gasteiger partial charge in [0.15, 0.2) is 0 Å². The Kier molecular flexibility index (Phi) is 9.09. The summed E-state index contributed by atoms with van der Waals surface area (Å²) in [5.41, 5.74) is 17.8. The molecule has 2 aliphatic rings. The van der Waals surface area contributed by atoms with Gasteiger partial charge in [0.25, 0.3) is 0 Å². The number of rotatable bonds is 2. The molecule has 0 N–H and O–H groups in total. The average molecular weight is 741 g/mol. The zero-order valence-electron chi connectivity index (χ0n) is 28.5. The molecule has 0 radical (unpaired) electrons. The van der Waals surface area contributed by atoms with Gasteiger partial charge in [0.05, 0.1) is 0 Å². The van der Waals surface area contributed by atoms with Crippen molar-refractivity contribution < 1.29 is 0 Å². The van der Waals surface area contributed by atoms with Crippen LogP contribution >= 0.6 is 46.2 Å². The van der Waals surface area contributed by atoms with Gasteiger partial charge in [0.1, 0.15) is 45.0 Å². The summed E-state index contributed by atoms with van der Waals surface area (Å²) in [4.78, 5) is 0. The van der Waals surface area contributed by atoms with Crippen molar-refractivity contribution in [2.24, 2.45) is 0 Å². The van der Waals surface area contributed by atoms with Crippen molar-refractivity contribution in [3.63, 3.8) is 0 Å². The van der Waals surface area contributed by atoms with Crippen LogP contribution in [-0.4, -0.2) is 15.7 Å². The zero-order chi connectivity index (χ0) is 36.6. The highest BCUT2D eigenvalue weighted by molar-refractivity contribution is 7.39. The van der Waals surface area contributed by atoms with Crippen LogP contribution in [0.5, 0.6) is 0 Å². The van der Waals surface area contributed by atoms with Crippen LogP contribution in [0.1, 0.15) is 33.4 Å². The molecular weight excluding hydrogens is 711 g/mol. The Bertz CT molecular complexity index is 2670. The third-order valence-electron chi connectivity index (χ3n) is 10.5. The first-order valence-electron chi connectivity index (χ1n) is 16.1. The van der Waals surface area contributed by atoms with Gasteiger partial charge in [-0.25, -0.2) is 0 Å². The van der Waals surface area contributed by atoms with Gasteiger partial charge in [-0.15, -0.1) is 52.6 Å². The molecule has 51 heavy (non-hydrogen) atoms. The predicted octanol–water partition coefficient (Wildman–Crippen LogP) is 3.42. The standard InChI is InChI=1S/C41H30B2N3P5/c1-4-19(14-44)32-27-11-21(35-40(50)38(48)18(3)39(49)41(35)51)6-8-23(27)25-13-30-26(12-29(25)32)24-7-5-20(10-28(24)33(30)22(15-45)16-46)34-31(47)9-17(2)36(42)37(34)43/h1,5-13H,42-43,47-51H2,2-3H3/b32-19+. The molecule has 240 valence electrons. The normalized spacial score (nSPS) is 12.9. The largest absolute Gasteiger partial charge is 0.192 e. The fraction of sp³-hybridized carbons (Fsp3) is 0.0488. The lowest BCUT2D eigenvalue weighted by molar-refractivity contribution is 1.46. The molecule has 0 saturated heterocycles. The molecule has 0 aliphatic heterocycles. The van der Waals surface area contributed by atoms with Crippen LogP contribution in [0.4, 0.5) is 0 Å². The quantitative estimate of drug-likeness (QED) is 0.118. The molecule has 0 aromatic heterocycles. The summed E-state index contributed by atoms with van der Waals surface area (Å²) in [7, 11) is 18.7. The molecule has 2 aliphatic carbocycles. The van der Waals surface area contributed by atoms with E-state index in [9.17, 15) is 15.8 Å². The van der Waals surface area contributed by atoms with Gasteiger partial charge in [-0.1, -0.05) is 52.7 Å². The van der Waals surface area contributed by atoms with Gasteiger partial charge >= 0.3 is 0 Å². The van der Waals surface area contributed by atoms with Crippen molar-refractivity contribution in [1.29, 1.82) is 15.8 Å². The molecule has 5 unspecified atom stereocenters. The second-order valence-corrected chi connectivity index (χ2v) is 15.9. The highest BCUT2D eigenvalue weighted by Crippen LogP contribution is 2.54. The third-order valence-corrected chi connectivity index (χ3v) is 14.3. The fourth-order valence-electron chi connectivity index (χ4n) is 7.64. The molecule has 10 heteroatoms. The van der Waals surface area contributed by atoms with Gasteiger partial charge in [0, 0.05) is 11.1 Å². The summed E-state index contributed by atoms with van der Waals surface area (Å²) in [5, 5.41) is 36.3. The number of nitriles is 3. The molecule has 0 spiro atoms. The van der Waals surface area contributed by atoms with Crippen LogP contribution in [0, 0.1) is 60.2 Å². The molecule has 5 aromatic carbocycles. The second-order valence-electron chi connectivity index (χ2n) is 13.0. The zero-order valence-corrected chi connectivity index (χ0v) is 34.3. The van der Waals surface area contributed by atoms with E-state index in [1.54, 1.807) is 0 Å². The van der Waals surface area contributed by atoms with Crippen molar-refractivity contribution in [2.45, 2.75) is 13.8 Å². The van der Waals surface area contributed by atoms with Crippen molar-refractivity contribution >= 4 is 110 Å². The lowest BCUT2D eigenvalue weighted by atomic mass is 9.73. The first kappa shape index (κ1) is 35.3. The van der Waals surface area contributed by atoms with E-state index in [1.165, 1.54) is 22.1 Å². The Morgan fingerprint density at radius 3 is 1.47 bits per heavy atom. The number of nitrogens with zero attached hydrogens (tertiary/aromatic N) is 3. The topological polar surface area (TPSA) is 71.4 Å². The molecule has 0 heterocycles. The lowest BCUT2D eigenvalue weighted by Gasteiger charge is -2.19. The van der Waals surface area contributed by atoms with Crippen molar-refractivity contribution in [2.75, 3.05) is 0 Å². The van der Waals surface area contributed by atoms with Crippen LogP contribution in [0.15, 0.2) is 65.7 Å².